The van der Waals surface area contributed by atoms with Gasteiger partial charge in [-0.25, -0.2) is 4.79 Å². The van der Waals surface area contributed by atoms with Gasteiger partial charge < -0.3 is 15.3 Å². The van der Waals surface area contributed by atoms with Crippen LogP contribution in [0.3, 0.4) is 0 Å². The molecule has 0 spiro atoms. The van der Waals surface area contributed by atoms with Gasteiger partial charge in [-0.15, -0.1) is 0 Å². The van der Waals surface area contributed by atoms with Crippen molar-refractivity contribution in [2.24, 2.45) is 5.92 Å². The molecule has 2 N–H and O–H groups in total. The lowest BCUT2D eigenvalue weighted by atomic mass is 9.86. The summed E-state index contributed by atoms with van der Waals surface area (Å²) in [6.45, 7) is 0.574. The lowest BCUT2D eigenvalue weighted by Gasteiger charge is -2.29. The largest absolute Gasteiger partial charge is 0.481 e. The summed E-state index contributed by atoms with van der Waals surface area (Å²) < 4.78 is 0. The van der Waals surface area contributed by atoms with Crippen LogP contribution in [0.25, 0.3) is 0 Å². The number of rotatable bonds is 4. The number of amides is 2. The maximum absolute atomic E-state index is 12.1. The second-order valence-electron chi connectivity index (χ2n) is 5.34. The van der Waals surface area contributed by atoms with Crippen LogP contribution in [0.1, 0.15) is 31.2 Å². The molecular formula is C14H20N2O3S. The van der Waals surface area contributed by atoms with E-state index in [1.807, 2.05) is 16.8 Å². The smallest absolute Gasteiger partial charge is 0.317 e. The van der Waals surface area contributed by atoms with Gasteiger partial charge in [0.15, 0.2) is 0 Å². The van der Waals surface area contributed by atoms with Gasteiger partial charge in [0.25, 0.3) is 0 Å². The molecule has 1 saturated carbocycles. The van der Waals surface area contributed by atoms with Crippen molar-refractivity contribution in [2.45, 2.75) is 38.3 Å². The SMILES string of the molecule is CN(Cc1ccsc1)C(=O)NC1CCCC(C(=O)O)C1. The number of thiophene rings is 1. The number of nitrogens with zero attached hydrogens (tertiary/aromatic N) is 1. The second kappa shape index (κ2) is 6.74. The number of carbonyl (C=O) groups excluding carboxylic acids is 1. The van der Waals surface area contributed by atoms with Crippen LogP contribution in [0.5, 0.6) is 0 Å². The fourth-order valence-corrected chi connectivity index (χ4v) is 3.22. The van der Waals surface area contributed by atoms with Crippen LogP contribution < -0.4 is 5.32 Å². The van der Waals surface area contributed by atoms with Gasteiger partial charge in [-0.2, -0.15) is 11.3 Å². The van der Waals surface area contributed by atoms with Crippen LogP contribution in [0, 0.1) is 5.92 Å². The van der Waals surface area contributed by atoms with E-state index >= 15 is 0 Å². The number of carboxylic acids is 1. The van der Waals surface area contributed by atoms with Crippen molar-refractivity contribution in [1.29, 1.82) is 0 Å². The molecule has 2 rings (SSSR count). The molecule has 5 nitrogen and oxygen atoms in total. The zero-order valence-electron chi connectivity index (χ0n) is 11.5. The summed E-state index contributed by atoms with van der Waals surface area (Å²) in [5, 5.41) is 16.0. The number of urea groups is 1. The molecule has 2 amide bonds. The van der Waals surface area contributed by atoms with Crippen LogP contribution in [-0.2, 0) is 11.3 Å². The molecule has 1 heterocycles. The third-order valence-corrected chi connectivity index (χ3v) is 4.43. The van der Waals surface area contributed by atoms with Crippen molar-refractivity contribution in [3.8, 4) is 0 Å². The van der Waals surface area contributed by atoms with E-state index < -0.39 is 5.97 Å². The summed E-state index contributed by atoms with van der Waals surface area (Å²) >= 11 is 1.61. The second-order valence-corrected chi connectivity index (χ2v) is 6.12. The first-order valence-corrected chi connectivity index (χ1v) is 7.76. The van der Waals surface area contributed by atoms with Gasteiger partial charge >= 0.3 is 12.0 Å². The third kappa shape index (κ3) is 3.96. The van der Waals surface area contributed by atoms with E-state index in [9.17, 15) is 9.59 Å². The van der Waals surface area contributed by atoms with E-state index in [-0.39, 0.29) is 18.0 Å². The van der Waals surface area contributed by atoms with Crippen LogP contribution in [0.2, 0.25) is 0 Å². The summed E-state index contributed by atoms with van der Waals surface area (Å²) in [6.07, 6.45) is 2.97. The molecule has 1 aromatic rings. The number of hydrogen-bond acceptors (Lipinski definition) is 3. The maximum atomic E-state index is 12.1. The molecule has 1 aromatic heterocycles. The molecule has 1 aliphatic rings. The Kier molecular flexibility index (Phi) is 5.00. The molecule has 0 radical (unpaired) electrons. The molecular weight excluding hydrogens is 276 g/mol. The summed E-state index contributed by atoms with van der Waals surface area (Å²) in [5.41, 5.74) is 1.11. The van der Waals surface area contributed by atoms with Crippen LogP contribution in [-0.4, -0.2) is 35.1 Å². The Morgan fingerprint density at radius 3 is 2.95 bits per heavy atom. The molecule has 20 heavy (non-hydrogen) atoms. The zero-order chi connectivity index (χ0) is 14.5. The average Bonchev–Trinajstić information content (AvgIpc) is 2.91. The summed E-state index contributed by atoms with van der Waals surface area (Å²) in [5.74, 6) is -1.08. The fourth-order valence-electron chi connectivity index (χ4n) is 2.56. The highest BCUT2D eigenvalue weighted by Gasteiger charge is 2.28. The molecule has 6 heteroatoms. The lowest BCUT2D eigenvalue weighted by Crippen LogP contribution is -2.45. The highest BCUT2D eigenvalue weighted by molar-refractivity contribution is 7.07. The zero-order valence-corrected chi connectivity index (χ0v) is 12.4. The predicted molar refractivity (Wildman–Crippen MR) is 77.7 cm³/mol. The van der Waals surface area contributed by atoms with Crippen LogP contribution in [0.15, 0.2) is 16.8 Å². The van der Waals surface area contributed by atoms with E-state index in [1.54, 1.807) is 23.3 Å². The molecule has 0 aliphatic heterocycles. The van der Waals surface area contributed by atoms with E-state index in [2.05, 4.69) is 5.32 Å². The number of aliphatic carboxylic acids is 1. The minimum atomic E-state index is -0.754. The molecule has 0 bridgehead atoms. The molecule has 1 aliphatic carbocycles. The van der Waals surface area contributed by atoms with Gasteiger partial charge in [0.1, 0.15) is 0 Å². The highest BCUT2D eigenvalue weighted by atomic mass is 32.1. The molecule has 1 fully saturated rings. The maximum Gasteiger partial charge on any atom is 0.317 e. The Morgan fingerprint density at radius 1 is 1.50 bits per heavy atom. The van der Waals surface area contributed by atoms with E-state index in [4.69, 9.17) is 5.11 Å². The minimum absolute atomic E-state index is 0.0257. The van der Waals surface area contributed by atoms with E-state index in [0.29, 0.717) is 19.4 Å². The van der Waals surface area contributed by atoms with Crippen molar-refractivity contribution < 1.29 is 14.7 Å². The van der Waals surface area contributed by atoms with E-state index in [1.165, 1.54) is 0 Å². The van der Waals surface area contributed by atoms with Crippen molar-refractivity contribution in [2.75, 3.05) is 7.05 Å². The van der Waals surface area contributed by atoms with Crippen molar-refractivity contribution in [3.05, 3.63) is 22.4 Å². The first kappa shape index (κ1) is 14.8. The number of hydrogen-bond donors (Lipinski definition) is 2. The standard InChI is InChI=1S/C14H20N2O3S/c1-16(8-10-5-6-20-9-10)14(19)15-12-4-2-3-11(7-12)13(17)18/h5-6,9,11-12H,2-4,7-8H2,1H3,(H,15,19)(H,17,18). The topological polar surface area (TPSA) is 69.6 Å². The van der Waals surface area contributed by atoms with Gasteiger partial charge in [-0.1, -0.05) is 6.42 Å². The fraction of sp³-hybridized carbons (Fsp3) is 0.571. The summed E-state index contributed by atoms with van der Waals surface area (Å²) in [4.78, 5) is 24.7. The van der Waals surface area contributed by atoms with Crippen molar-refractivity contribution in [3.63, 3.8) is 0 Å². The van der Waals surface area contributed by atoms with E-state index in [0.717, 1.165) is 18.4 Å². The van der Waals surface area contributed by atoms with Crippen LogP contribution in [0.4, 0.5) is 4.79 Å². The Hall–Kier alpha value is -1.56. The van der Waals surface area contributed by atoms with Gasteiger partial charge in [0.2, 0.25) is 0 Å². The quantitative estimate of drug-likeness (QED) is 0.897. The Labute approximate surface area is 122 Å². The Balaban J connectivity index is 1.82. The molecule has 0 aromatic carbocycles. The van der Waals surface area contributed by atoms with Crippen molar-refractivity contribution >= 4 is 23.3 Å². The predicted octanol–water partition coefficient (Wildman–Crippen LogP) is 2.53. The summed E-state index contributed by atoms with van der Waals surface area (Å²) in [7, 11) is 1.75. The van der Waals surface area contributed by atoms with Gasteiger partial charge in [-0.3, -0.25) is 4.79 Å². The van der Waals surface area contributed by atoms with Crippen LogP contribution >= 0.6 is 11.3 Å². The molecule has 2 atom stereocenters. The Morgan fingerprint density at radius 2 is 2.30 bits per heavy atom. The minimum Gasteiger partial charge on any atom is -0.481 e. The highest BCUT2D eigenvalue weighted by Crippen LogP contribution is 2.24. The average molecular weight is 296 g/mol. The molecule has 110 valence electrons. The first-order valence-electron chi connectivity index (χ1n) is 6.81. The first-order chi connectivity index (χ1) is 9.56. The number of nitrogens with one attached hydrogen (secondary N) is 1. The molecule has 2 unspecified atom stereocenters. The normalized spacial score (nSPS) is 22.2. The molecule has 0 saturated heterocycles. The monoisotopic (exact) mass is 296 g/mol. The van der Waals surface area contributed by atoms with Crippen molar-refractivity contribution in [1.82, 2.24) is 10.2 Å². The van der Waals surface area contributed by atoms with Gasteiger partial charge in [-0.05, 0) is 41.7 Å². The summed E-state index contributed by atoms with van der Waals surface area (Å²) in [6, 6.07) is 1.84. The lowest BCUT2D eigenvalue weighted by molar-refractivity contribution is -0.143. The van der Waals surface area contributed by atoms with Gasteiger partial charge in [0.05, 0.1) is 5.92 Å². The number of carbonyl (C=O) groups is 2. The Bertz CT molecular complexity index is 461. The third-order valence-electron chi connectivity index (χ3n) is 3.70. The van der Waals surface area contributed by atoms with Gasteiger partial charge in [0, 0.05) is 19.6 Å². The number of carboxylic acid groups (broad SMARTS) is 1.